The third kappa shape index (κ3) is 4.21. The summed E-state index contributed by atoms with van der Waals surface area (Å²) >= 11 is 0. The molecule has 0 atom stereocenters. The van der Waals surface area contributed by atoms with Crippen molar-refractivity contribution in [3.8, 4) is 5.75 Å². The molecule has 0 aromatic heterocycles. The summed E-state index contributed by atoms with van der Waals surface area (Å²) < 4.78 is 5.41. The molecule has 4 rings (SSSR count). The summed E-state index contributed by atoms with van der Waals surface area (Å²) in [6.45, 7) is 10.5. The van der Waals surface area contributed by atoms with Crippen molar-refractivity contribution in [1.29, 1.82) is 0 Å². The molecule has 7 nitrogen and oxygen atoms in total. The fourth-order valence-corrected chi connectivity index (χ4v) is 4.78. The summed E-state index contributed by atoms with van der Waals surface area (Å²) in [7, 11) is 1.60. The molecule has 29 heavy (non-hydrogen) atoms. The van der Waals surface area contributed by atoms with E-state index in [2.05, 4.69) is 21.3 Å². The molecule has 0 unspecified atom stereocenters. The number of amides is 1. The van der Waals surface area contributed by atoms with Gasteiger partial charge in [-0.05, 0) is 31.7 Å². The van der Waals surface area contributed by atoms with Crippen LogP contribution in [0.3, 0.4) is 0 Å². The van der Waals surface area contributed by atoms with Crippen molar-refractivity contribution in [3.63, 3.8) is 0 Å². The molecule has 2 saturated heterocycles. The van der Waals surface area contributed by atoms with Gasteiger partial charge >= 0.3 is 0 Å². The Kier molecular flexibility index (Phi) is 5.69. The van der Waals surface area contributed by atoms with Crippen LogP contribution in [0.25, 0.3) is 5.57 Å². The van der Waals surface area contributed by atoms with E-state index in [9.17, 15) is 4.79 Å². The van der Waals surface area contributed by atoms with Gasteiger partial charge in [-0.25, -0.2) is 0 Å². The quantitative estimate of drug-likeness (QED) is 0.557. The molecule has 0 spiro atoms. The van der Waals surface area contributed by atoms with Crippen molar-refractivity contribution in [2.24, 2.45) is 5.73 Å². The molecular weight excluding hydrogens is 366 g/mol. The second kappa shape index (κ2) is 8.24. The summed E-state index contributed by atoms with van der Waals surface area (Å²) in [6, 6.07) is 5.17. The Balaban J connectivity index is 1.43. The van der Waals surface area contributed by atoms with Crippen LogP contribution < -0.4 is 21.1 Å². The number of benzene rings is 1. The SMILES string of the molecule is C=C(C(N)=O)c1cc(N)c(OC)cc1N1CCC(N2CCN(C3CC3)CC2)CC1. The molecule has 2 aliphatic heterocycles. The van der Waals surface area contributed by atoms with Gasteiger partial charge in [0.1, 0.15) is 5.75 Å². The van der Waals surface area contributed by atoms with Crippen LogP contribution in [-0.2, 0) is 4.79 Å². The predicted molar refractivity (Wildman–Crippen MR) is 117 cm³/mol. The Morgan fingerprint density at radius 1 is 1.00 bits per heavy atom. The number of anilines is 2. The number of carbonyl (C=O) groups excluding carboxylic acids is 1. The lowest BCUT2D eigenvalue weighted by Crippen LogP contribution is -2.53. The first-order chi connectivity index (χ1) is 14.0. The molecular formula is C22H33N5O2. The Morgan fingerprint density at radius 2 is 1.55 bits per heavy atom. The van der Waals surface area contributed by atoms with E-state index >= 15 is 0 Å². The highest BCUT2D eigenvalue weighted by Gasteiger charge is 2.34. The summed E-state index contributed by atoms with van der Waals surface area (Å²) in [5, 5.41) is 0. The number of rotatable bonds is 6. The van der Waals surface area contributed by atoms with Crippen molar-refractivity contribution in [3.05, 3.63) is 24.3 Å². The number of nitrogens with two attached hydrogens (primary N) is 2. The van der Waals surface area contributed by atoms with Crippen LogP contribution in [0.2, 0.25) is 0 Å². The van der Waals surface area contributed by atoms with Gasteiger partial charge in [-0.2, -0.15) is 0 Å². The van der Waals surface area contributed by atoms with Crippen LogP contribution in [0.1, 0.15) is 31.2 Å². The molecule has 1 saturated carbocycles. The number of hydrogen-bond acceptors (Lipinski definition) is 6. The normalized spacial score (nSPS) is 21.9. The van der Waals surface area contributed by atoms with E-state index in [-0.39, 0.29) is 5.57 Å². The van der Waals surface area contributed by atoms with E-state index in [1.807, 2.05) is 6.07 Å². The number of primary amides is 1. The van der Waals surface area contributed by atoms with Gasteiger partial charge < -0.3 is 21.1 Å². The van der Waals surface area contributed by atoms with Crippen LogP contribution >= 0.6 is 0 Å². The molecule has 158 valence electrons. The van der Waals surface area contributed by atoms with E-state index in [4.69, 9.17) is 16.2 Å². The number of nitrogens with zero attached hydrogens (tertiary/aromatic N) is 3. The van der Waals surface area contributed by atoms with Crippen LogP contribution in [-0.4, -0.2) is 74.2 Å². The number of nitrogen functional groups attached to an aromatic ring is 1. The Labute approximate surface area is 173 Å². The zero-order chi connectivity index (χ0) is 20.5. The highest BCUT2D eigenvalue weighted by molar-refractivity contribution is 6.19. The number of hydrogen-bond donors (Lipinski definition) is 2. The Bertz CT molecular complexity index is 776. The maximum absolute atomic E-state index is 11.8. The fourth-order valence-electron chi connectivity index (χ4n) is 4.78. The second-order valence-corrected chi connectivity index (χ2v) is 8.48. The van der Waals surface area contributed by atoms with Crippen LogP contribution in [0.15, 0.2) is 18.7 Å². The lowest BCUT2D eigenvalue weighted by molar-refractivity contribution is -0.112. The number of piperazine rings is 1. The Morgan fingerprint density at radius 3 is 2.03 bits per heavy atom. The molecule has 1 aliphatic carbocycles. The Hall–Kier alpha value is -2.25. The third-order valence-electron chi connectivity index (χ3n) is 6.70. The van der Waals surface area contributed by atoms with Gasteiger partial charge in [0.25, 0.3) is 0 Å². The molecule has 2 heterocycles. The van der Waals surface area contributed by atoms with Crippen LogP contribution in [0.4, 0.5) is 11.4 Å². The summed E-state index contributed by atoms with van der Waals surface area (Å²) in [5.74, 6) is 0.0820. The van der Waals surface area contributed by atoms with Crippen molar-refractivity contribution in [2.45, 2.75) is 37.8 Å². The first kappa shape index (κ1) is 20.0. The van der Waals surface area contributed by atoms with Gasteiger partial charge in [0.15, 0.2) is 0 Å². The zero-order valence-electron chi connectivity index (χ0n) is 17.4. The minimum Gasteiger partial charge on any atom is -0.495 e. The topological polar surface area (TPSA) is 88.1 Å². The van der Waals surface area contributed by atoms with Crippen LogP contribution in [0, 0.1) is 0 Å². The first-order valence-electron chi connectivity index (χ1n) is 10.7. The van der Waals surface area contributed by atoms with Gasteiger partial charge in [0, 0.05) is 74.2 Å². The van der Waals surface area contributed by atoms with E-state index in [0.717, 1.165) is 37.7 Å². The molecule has 0 bridgehead atoms. The van der Waals surface area contributed by atoms with E-state index in [0.29, 0.717) is 23.0 Å². The average molecular weight is 400 g/mol. The number of carbonyl (C=O) groups is 1. The zero-order valence-corrected chi connectivity index (χ0v) is 17.4. The van der Waals surface area contributed by atoms with Crippen molar-refractivity contribution in [2.75, 3.05) is 57.0 Å². The van der Waals surface area contributed by atoms with E-state index in [1.54, 1.807) is 13.2 Å². The first-order valence-corrected chi connectivity index (χ1v) is 10.7. The van der Waals surface area contributed by atoms with Gasteiger partial charge in [-0.15, -0.1) is 0 Å². The standard InChI is InChI=1S/C22H33N5O2/c1-15(22(24)28)18-13-19(23)21(29-2)14-20(18)27-7-5-17(6-8-27)26-11-9-25(10-12-26)16-3-4-16/h13-14,16-17H,1,3-12,23H2,2H3,(H2,24,28). The van der Waals surface area contributed by atoms with Crippen molar-refractivity contribution in [1.82, 2.24) is 9.80 Å². The lowest BCUT2D eigenvalue weighted by atomic mass is 9.98. The minimum atomic E-state index is -0.528. The average Bonchev–Trinajstić information content (AvgIpc) is 3.59. The van der Waals surface area contributed by atoms with Gasteiger partial charge in [-0.1, -0.05) is 6.58 Å². The number of piperidine rings is 1. The molecule has 4 N–H and O–H groups in total. The van der Waals surface area contributed by atoms with Gasteiger partial charge in [0.05, 0.1) is 12.8 Å². The second-order valence-electron chi connectivity index (χ2n) is 8.48. The summed E-state index contributed by atoms with van der Waals surface area (Å²) in [6.07, 6.45) is 5.00. The fraction of sp³-hybridized carbons (Fsp3) is 0.591. The van der Waals surface area contributed by atoms with Crippen molar-refractivity contribution < 1.29 is 9.53 Å². The highest BCUT2D eigenvalue weighted by atomic mass is 16.5. The summed E-state index contributed by atoms with van der Waals surface area (Å²) in [5.41, 5.74) is 14.0. The largest absolute Gasteiger partial charge is 0.495 e. The van der Waals surface area contributed by atoms with Gasteiger partial charge in [-0.3, -0.25) is 14.6 Å². The molecule has 3 aliphatic rings. The highest BCUT2D eigenvalue weighted by Crippen LogP contribution is 2.37. The molecule has 0 radical (unpaired) electrons. The number of ether oxygens (including phenoxy) is 1. The van der Waals surface area contributed by atoms with Crippen LogP contribution in [0.5, 0.6) is 5.75 Å². The molecule has 7 heteroatoms. The smallest absolute Gasteiger partial charge is 0.248 e. The predicted octanol–water partition coefficient (Wildman–Crippen LogP) is 1.52. The molecule has 1 amide bonds. The van der Waals surface area contributed by atoms with E-state index < -0.39 is 5.91 Å². The lowest BCUT2D eigenvalue weighted by Gasteiger charge is -2.43. The third-order valence-corrected chi connectivity index (χ3v) is 6.70. The monoisotopic (exact) mass is 399 g/mol. The van der Waals surface area contributed by atoms with Crippen molar-refractivity contribution >= 4 is 22.9 Å². The van der Waals surface area contributed by atoms with Gasteiger partial charge in [0.2, 0.25) is 5.91 Å². The maximum atomic E-state index is 11.8. The minimum absolute atomic E-state index is 0.285. The molecule has 1 aromatic carbocycles. The summed E-state index contributed by atoms with van der Waals surface area (Å²) in [4.78, 5) is 19.4. The number of methoxy groups -OCH3 is 1. The van der Waals surface area contributed by atoms with E-state index in [1.165, 1.54) is 39.0 Å². The maximum Gasteiger partial charge on any atom is 0.248 e. The molecule has 3 fully saturated rings. The molecule has 1 aromatic rings.